The number of hydrogen-bond donors (Lipinski definition) is 1. The number of thiazole rings is 1. The van der Waals surface area contributed by atoms with Crippen LogP contribution in [0.3, 0.4) is 0 Å². The minimum Gasteiger partial charge on any atom is -0.481 e. The first-order valence-corrected chi connectivity index (χ1v) is 11.7. The van der Waals surface area contributed by atoms with Crippen molar-refractivity contribution in [3.63, 3.8) is 0 Å². The Kier molecular flexibility index (Phi) is 6.63. The van der Waals surface area contributed by atoms with Gasteiger partial charge in [-0.15, -0.1) is 11.3 Å². The van der Waals surface area contributed by atoms with Gasteiger partial charge in [0.15, 0.2) is 12.4 Å². The van der Waals surface area contributed by atoms with Crippen LogP contribution < -0.4 is 10.1 Å². The molecule has 3 aromatic carbocycles. The number of aromatic nitrogens is 1. The summed E-state index contributed by atoms with van der Waals surface area (Å²) >= 11 is 20.5. The van der Waals surface area contributed by atoms with Gasteiger partial charge in [0, 0.05) is 16.3 Å². The van der Waals surface area contributed by atoms with Crippen LogP contribution in [-0.2, 0) is 4.79 Å². The Morgan fingerprint density at radius 3 is 2.34 bits per heavy atom. The Hall–Kier alpha value is -2.31. The van der Waals surface area contributed by atoms with Crippen LogP contribution in [0.1, 0.15) is 16.7 Å². The molecule has 32 heavy (non-hydrogen) atoms. The summed E-state index contributed by atoms with van der Waals surface area (Å²) in [5.41, 5.74) is 4.92. The summed E-state index contributed by atoms with van der Waals surface area (Å²) in [5.74, 6) is -0.0657. The molecule has 0 aliphatic carbocycles. The zero-order valence-corrected chi connectivity index (χ0v) is 20.6. The van der Waals surface area contributed by atoms with Gasteiger partial charge in [-0.1, -0.05) is 46.9 Å². The van der Waals surface area contributed by atoms with Crippen LogP contribution in [0.15, 0.2) is 42.5 Å². The maximum Gasteiger partial charge on any atom is 0.262 e. The maximum atomic E-state index is 12.5. The van der Waals surface area contributed by atoms with Gasteiger partial charge in [0.1, 0.15) is 5.01 Å². The number of anilines is 1. The molecule has 1 N–H and O–H groups in total. The molecule has 4 nitrogen and oxygen atoms in total. The predicted octanol–water partition coefficient (Wildman–Crippen LogP) is 7.87. The van der Waals surface area contributed by atoms with Crippen LogP contribution in [0.25, 0.3) is 20.8 Å². The predicted molar refractivity (Wildman–Crippen MR) is 135 cm³/mol. The number of amides is 1. The van der Waals surface area contributed by atoms with Crippen molar-refractivity contribution in [2.24, 2.45) is 0 Å². The number of carbonyl (C=O) groups is 1. The highest BCUT2D eigenvalue weighted by Crippen LogP contribution is 2.42. The number of nitrogens with one attached hydrogen (secondary N) is 1. The van der Waals surface area contributed by atoms with Crippen LogP contribution in [0.5, 0.6) is 5.75 Å². The number of rotatable bonds is 5. The molecule has 4 rings (SSSR count). The van der Waals surface area contributed by atoms with E-state index in [-0.39, 0.29) is 18.3 Å². The normalized spacial score (nSPS) is 11.1. The molecule has 4 aromatic rings. The number of fused-ring (bicyclic) bond motifs is 1. The van der Waals surface area contributed by atoms with Gasteiger partial charge in [0.25, 0.3) is 5.91 Å². The lowest BCUT2D eigenvalue weighted by Crippen LogP contribution is -2.21. The van der Waals surface area contributed by atoms with Crippen LogP contribution in [-0.4, -0.2) is 17.5 Å². The number of para-hydroxylation sites is 1. The molecule has 0 saturated heterocycles. The van der Waals surface area contributed by atoms with E-state index in [1.54, 1.807) is 25.2 Å². The molecule has 0 bridgehead atoms. The van der Waals surface area contributed by atoms with Gasteiger partial charge in [0.05, 0.1) is 20.3 Å². The summed E-state index contributed by atoms with van der Waals surface area (Å²) in [6, 6.07) is 13.9. The van der Waals surface area contributed by atoms with E-state index in [4.69, 9.17) is 44.5 Å². The van der Waals surface area contributed by atoms with Gasteiger partial charge >= 0.3 is 0 Å². The van der Waals surface area contributed by atoms with Crippen molar-refractivity contribution in [2.75, 3.05) is 11.9 Å². The van der Waals surface area contributed by atoms with Gasteiger partial charge in [-0.2, -0.15) is 0 Å². The molecule has 0 unspecified atom stereocenters. The second-order valence-electron chi connectivity index (χ2n) is 7.37. The van der Waals surface area contributed by atoms with Gasteiger partial charge in [-0.25, -0.2) is 4.98 Å². The number of aryl methyl sites for hydroxylation is 1. The maximum absolute atomic E-state index is 12.5. The van der Waals surface area contributed by atoms with Gasteiger partial charge < -0.3 is 10.1 Å². The third-order valence-corrected chi connectivity index (χ3v) is 7.67. The number of benzene rings is 3. The molecule has 1 amide bonds. The Bertz CT molecular complexity index is 1290. The molecular weight excluding hydrogens is 487 g/mol. The van der Waals surface area contributed by atoms with Crippen molar-refractivity contribution in [2.45, 2.75) is 20.8 Å². The second kappa shape index (κ2) is 9.28. The number of hydrogen-bond acceptors (Lipinski definition) is 4. The van der Waals surface area contributed by atoms with Gasteiger partial charge in [-0.05, 0) is 67.8 Å². The molecule has 0 spiro atoms. The summed E-state index contributed by atoms with van der Waals surface area (Å²) < 4.78 is 6.78. The first-order chi connectivity index (χ1) is 15.3. The van der Waals surface area contributed by atoms with Crippen molar-refractivity contribution in [1.29, 1.82) is 0 Å². The summed E-state index contributed by atoms with van der Waals surface area (Å²) in [6.07, 6.45) is 0. The highest BCUT2D eigenvalue weighted by Gasteiger charge is 2.19. The first kappa shape index (κ1) is 22.9. The number of nitrogens with zero attached hydrogens (tertiary/aromatic N) is 1. The highest BCUT2D eigenvalue weighted by atomic mass is 35.5. The van der Waals surface area contributed by atoms with Crippen molar-refractivity contribution in [3.05, 3.63) is 74.2 Å². The fourth-order valence-corrected chi connectivity index (χ4v) is 5.08. The zero-order valence-electron chi connectivity index (χ0n) is 17.6. The molecule has 0 radical (unpaired) electrons. The monoisotopic (exact) mass is 504 g/mol. The van der Waals surface area contributed by atoms with Crippen molar-refractivity contribution in [1.82, 2.24) is 4.98 Å². The molecule has 8 heteroatoms. The van der Waals surface area contributed by atoms with Crippen molar-refractivity contribution >= 4 is 68.0 Å². The molecule has 0 aliphatic rings. The summed E-state index contributed by atoms with van der Waals surface area (Å²) in [7, 11) is 0. The minimum absolute atomic E-state index is 0.237. The van der Waals surface area contributed by atoms with Crippen molar-refractivity contribution < 1.29 is 9.53 Å². The highest BCUT2D eigenvalue weighted by molar-refractivity contribution is 7.21. The largest absolute Gasteiger partial charge is 0.481 e. The van der Waals surface area contributed by atoms with E-state index in [0.717, 1.165) is 26.4 Å². The van der Waals surface area contributed by atoms with E-state index in [1.165, 1.54) is 0 Å². The van der Waals surface area contributed by atoms with E-state index in [9.17, 15) is 4.79 Å². The average Bonchev–Trinajstić information content (AvgIpc) is 3.22. The molecule has 1 heterocycles. The lowest BCUT2D eigenvalue weighted by molar-refractivity contribution is -0.118. The third kappa shape index (κ3) is 4.44. The Morgan fingerprint density at radius 1 is 1.00 bits per heavy atom. The van der Waals surface area contributed by atoms with Gasteiger partial charge in [0.2, 0.25) is 0 Å². The van der Waals surface area contributed by atoms with E-state index in [1.807, 2.05) is 43.3 Å². The van der Waals surface area contributed by atoms with E-state index in [0.29, 0.717) is 31.9 Å². The Balaban J connectivity index is 1.47. The quantitative estimate of drug-likeness (QED) is 0.300. The number of halogens is 3. The topological polar surface area (TPSA) is 51.2 Å². The summed E-state index contributed by atoms with van der Waals surface area (Å²) in [4.78, 5) is 17.2. The lowest BCUT2D eigenvalue weighted by atomic mass is 10.1. The lowest BCUT2D eigenvalue weighted by Gasteiger charge is -2.16. The number of carbonyl (C=O) groups excluding carboxylic acids is 1. The average molecular weight is 506 g/mol. The second-order valence-corrected chi connectivity index (χ2v) is 9.54. The third-order valence-electron chi connectivity index (χ3n) is 5.10. The fraction of sp³-hybridized carbons (Fsp3) is 0.167. The van der Waals surface area contributed by atoms with E-state index >= 15 is 0 Å². The first-order valence-electron chi connectivity index (χ1n) is 9.79. The van der Waals surface area contributed by atoms with E-state index < -0.39 is 0 Å². The van der Waals surface area contributed by atoms with Crippen LogP contribution in [0.4, 0.5) is 5.69 Å². The molecule has 0 aliphatic heterocycles. The number of ether oxygens (including phenoxy) is 1. The van der Waals surface area contributed by atoms with Gasteiger partial charge in [-0.3, -0.25) is 4.79 Å². The molecule has 1 aromatic heterocycles. The smallest absolute Gasteiger partial charge is 0.262 e. The standard InChI is InChI=1S/C24H19Cl3N2O2S/c1-12-10-15(24-29-17-6-4-5-7-18(17)32-24)8-9-16(12)28-19(30)11-31-23-21(26)13(2)20(25)14(3)22(23)27/h4-10H,11H2,1-3H3,(H,28,30). The van der Waals surface area contributed by atoms with E-state index in [2.05, 4.69) is 11.4 Å². The van der Waals surface area contributed by atoms with Crippen molar-refractivity contribution in [3.8, 4) is 16.3 Å². The molecule has 0 fully saturated rings. The zero-order chi connectivity index (χ0) is 23.0. The fourth-order valence-electron chi connectivity index (χ4n) is 3.29. The molecule has 0 saturated carbocycles. The van der Waals surface area contributed by atoms with Crippen LogP contribution in [0.2, 0.25) is 15.1 Å². The SMILES string of the molecule is Cc1cc(-c2nc3ccccc3s2)ccc1NC(=O)COc1c(Cl)c(C)c(Cl)c(C)c1Cl. The molecule has 164 valence electrons. The summed E-state index contributed by atoms with van der Waals surface area (Å²) in [6.45, 7) is 5.25. The minimum atomic E-state index is -0.321. The molecular formula is C24H19Cl3N2O2S. The molecule has 0 atom stereocenters. The van der Waals surface area contributed by atoms with Crippen LogP contribution >= 0.6 is 46.1 Å². The summed E-state index contributed by atoms with van der Waals surface area (Å²) in [5, 5.41) is 4.90. The van der Waals surface area contributed by atoms with Crippen LogP contribution in [0, 0.1) is 20.8 Å². The Labute approximate surface area is 205 Å². The Morgan fingerprint density at radius 2 is 1.69 bits per heavy atom.